The van der Waals surface area contributed by atoms with Crippen molar-refractivity contribution in [1.82, 2.24) is 15.1 Å². The molecule has 2 aromatic heterocycles. The molecule has 0 saturated carbocycles. The van der Waals surface area contributed by atoms with Crippen molar-refractivity contribution in [1.29, 1.82) is 0 Å². The van der Waals surface area contributed by atoms with Gasteiger partial charge >= 0.3 is 13.3 Å². The summed E-state index contributed by atoms with van der Waals surface area (Å²) >= 11 is 3.07. The molecular weight excluding hydrogens is 489 g/mol. The van der Waals surface area contributed by atoms with E-state index in [1.165, 1.54) is 38.4 Å². The molecule has 0 radical (unpaired) electrons. The standard InChI is InChI=1S/C17H16BrF2N4O5P/c1-3-28-30(26,29-4-2)17(19,20)11-8-13-10(7-12(11)18)9-21-15(22-13)16(25)23-14-5-6-27-24-14/h5-9H,3-4H2,1-2H3,(H,23,24,25). The Kier molecular flexibility index (Phi) is 6.61. The monoisotopic (exact) mass is 504 g/mol. The van der Waals surface area contributed by atoms with Crippen LogP contribution >= 0.6 is 23.5 Å². The summed E-state index contributed by atoms with van der Waals surface area (Å²) in [5, 5.41) is 6.32. The number of fused-ring (bicyclic) bond motifs is 1. The number of rotatable bonds is 8. The van der Waals surface area contributed by atoms with Crippen LogP contribution < -0.4 is 5.32 Å². The lowest BCUT2D eigenvalue weighted by Crippen LogP contribution is -2.19. The number of carbonyl (C=O) groups is 1. The summed E-state index contributed by atoms with van der Waals surface area (Å²) < 4.78 is 57.4. The zero-order valence-electron chi connectivity index (χ0n) is 15.8. The number of halogens is 3. The second-order valence-electron chi connectivity index (χ2n) is 5.80. The predicted octanol–water partition coefficient (Wildman–Crippen LogP) is 4.95. The summed E-state index contributed by atoms with van der Waals surface area (Å²) in [5.41, 5.74) is -4.59. The van der Waals surface area contributed by atoms with Crippen molar-refractivity contribution in [2.75, 3.05) is 18.5 Å². The van der Waals surface area contributed by atoms with Gasteiger partial charge in [0.1, 0.15) is 6.26 Å². The molecule has 1 N–H and O–H groups in total. The number of hydrogen-bond acceptors (Lipinski definition) is 8. The Bertz CT molecular complexity index is 1100. The third kappa shape index (κ3) is 4.27. The van der Waals surface area contributed by atoms with E-state index in [4.69, 9.17) is 9.05 Å². The molecule has 3 rings (SSSR count). The summed E-state index contributed by atoms with van der Waals surface area (Å²) in [6.07, 6.45) is 2.56. The average molecular weight is 505 g/mol. The van der Waals surface area contributed by atoms with E-state index in [-0.39, 0.29) is 34.8 Å². The third-order valence-corrected chi connectivity index (χ3v) is 6.60. The number of benzene rings is 1. The van der Waals surface area contributed by atoms with Crippen molar-refractivity contribution in [3.8, 4) is 0 Å². The first kappa shape index (κ1) is 22.4. The van der Waals surface area contributed by atoms with Crippen molar-refractivity contribution in [2.24, 2.45) is 0 Å². The van der Waals surface area contributed by atoms with E-state index in [0.29, 0.717) is 5.39 Å². The number of carbonyl (C=O) groups excluding carboxylic acids is 1. The highest BCUT2D eigenvalue weighted by Crippen LogP contribution is 2.67. The number of nitrogens with one attached hydrogen (secondary N) is 1. The van der Waals surface area contributed by atoms with Gasteiger partial charge in [0, 0.05) is 27.7 Å². The Morgan fingerprint density at radius 3 is 2.60 bits per heavy atom. The minimum Gasteiger partial charge on any atom is -0.363 e. The molecule has 0 unspecified atom stereocenters. The van der Waals surface area contributed by atoms with E-state index in [2.05, 4.69) is 40.9 Å². The van der Waals surface area contributed by atoms with Crippen molar-refractivity contribution in [3.05, 3.63) is 46.5 Å². The van der Waals surface area contributed by atoms with Gasteiger partial charge in [-0.05, 0) is 26.0 Å². The van der Waals surface area contributed by atoms with Crippen molar-refractivity contribution in [3.63, 3.8) is 0 Å². The minimum absolute atomic E-state index is 0.0349. The zero-order chi connectivity index (χ0) is 21.9. The number of nitrogens with zero attached hydrogens (tertiary/aromatic N) is 3. The predicted molar refractivity (Wildman–Crippen MR) is 106 cm³/mol. The molecule has 3 aromatic rings. The van der Waals surface area contributed by atoms with Crippen molar-refractivity contribution >= 4 is 46.2 Å². The molecule has 0 aliphatic heterocycles. The van der Waals surface area contributed by atoms with Crippen molar-refractivity contribution in [2.45, 2.75) is 19.5 Å². The first-order valence-electron chi connectivity index (χ1n) is 8.67. The Morgan fingerprint density at radius 2 is 2.00 bits per heavy atom. The number of amides is 1. The van der Waals surface area contributed by atoms with Crippen LogP contribution in [0.1, 0.15) is 30.0 Å². The molecule has 0 atom stereocenters. The molecule has 0 saturated heterocycles. The summed E-state index contributed by atoms with van der Waals surface area (Å²) in [7, 11) is -4.82. The molecule has 13 heteroatoms. The molecule has 1 amide bonds. The van der Waals surface area contributed by atoms with Gasteiger partial charge in [0.05, 0.1) is 18.7 Å². The summed E-state index contributed by atoms with van der Waals surface area (Å²) in [6.45, 7) is 2.41. The topological polar surface area (TPSA) is 116 Å². The van der Waals surface area contributed by atoms with Gasteiger partial charge < -0.3 is 18.9 Å². The number of alkyl halides is 2. The summed E-state index contributed by atoms with van der Waals surface area (Å²) in [6, 6.07) is 3.76. The molecule has 30 heavy (non-hydrogen) atoms. The molecule has 2 heterocycles. The fourth-order valence-electron chi connectivity index (χ4n) is 2.53. The number of anilines is 1. The van der Waals surface area contributed by atoms with Gasteiger partial charge in [0.2, 0.25) is 5.82 Å². The Morgan fingerprint density at radius 1 is 1.30 bits per heavy atom. The van der Waals surface area contributed by atoms with Crippen LogP contribution in [-0.4, -0.2) is 34.2 Å². The van der Waals surface area contributed by atoms with Crippen LogP contribution in [-0.2, 0) is 19.3 Å². The fourth-order valence-corrected chi connectivity index (χ4v) is 4.85. The van der Waals surface area contributed by atoms with E-state index in [9.17, 15) is 9.36 Å². The molecule has 0 bridgehead atoms. The maximum atomic E-state index is 15.2. The Labute approximate surface area is 177 Å². The van der Waals surface area contributed by atoms with Gasteiger partial charge in [-0.15, -0.1) is 0 Å². The molecular formula is C17H16BrF2N4O5P. The summed E-state index contributed by atoms with van der Waals surface area (Å²) in [5.74, 6) is -0.850. The fraction of sp³-hybridized carbons (Fsp3) is 0.294. The Hall–Kier alpha value is -2.27. The maximum Gasteiger partial charge on any atom is 0.404 e. The van der Waals surface area contributed by atoms with Crippen LogP contribution in [0.3, 0.4) is 0 Å². The summed E-state index contributed by atoms with van der Waals surface area (Å²) in [4.78, 5) is 20.2. The van der Waals surface area contributed by atoms with Gasteiger partial charge in [0.25, 0.3) is 5.91 Å². The smallest absolute Gasteiger partial charge is 0.363 e. The highest BCUT2D eigenvalue weighted by molar-refractivity contribution is 9.10. The molecule has 1 aromatic carbocycles. The van der Waals surface area contributed by atoms with Gasteiger partial charge in [-0.25, -0.2) is 9.97 Å². The quantitative estimate of drug-likeness (QED) is 0.428. The Balaban J connectivity index is 2.04. The van der Waals surface area contributed by atoms with E-state index >= 15 is 8.78 Å². The SMILES string of the molecule is CCOP(=O)(OCC)C(F)(F)c1cc2nc(C(=O)Nc3ccon3)ncc2cc1Br. The van der Waals surface area contributed by atoms with E-state index in [1.807, 2.05) is 0 Å². The van der Waals surface area contributed by atoms with Gasteiger partial charge in [-0.1, -0.05) is 21.1 Å². The lowest BCUT2D eigenvalue weighted by atomic mass is 10.1. The van der Waals surface area contributed by atoms with Crippen LogP contribution in [0, 0.1) is 0 Å². The molecule has 0 aliphatic carbocycles. The molecule has 0 spiro atoms. The lowest BCUT2D eigenvalue weighted by Gasteiger charge is -2.26. The van der Waals surface area contributed by atoms with Gasteiger partial charge in [-0.3, -0.25) is 9.36 Å². The van der Waals surface area contributed by atoms with Crippen LogP contribution in [0.2, 0.25) is 0 Å². The highest BCUT2D eigenvalue weighted by atomic mass is 79.9. The van der Waals surface area contributed by atoms with Crippen LogP contribution in [0.5, 0.6) is 0 Å². The first-order chi connectivity index (χ1) is 14.2. The van der Waals surface area contributed by atoms with Gasteiger partial charge in [0.15, 0.2) is 5.82 Å². The van der Waals surface area contributed by atoms with E-state index in [0.717, 1.165) is 6.07 Å². The van der Waals surface area contributed by atoms with E-state index in [1.54, 1.807) is 0 Å². The van der Waals surface area contributed by atoms with Gasteiger partial charge in [-0.2, -0.15) is 8.78 Å². The van der Waals surface area contributed by atoms with Crippen LogP contribution in [0.4, 0.5) is 14.6 Å². The highest BCUT2D eigenvalue weighted by Gasteiger charge is 2.55. The molecule has 0 fully saturated rings. The molecule has 0 aliphatic rings. The normalized spacial score (nSPS) is 12.3. The average Bonchev–Trinajstić information content (AvgIpc) is 3.20. The van der Waals surface area contributed by atoms with Crippen LogP contribution in [0.15, 0.2) is 39.7 Å². The third-order valence-electron chi connectivity index (χ3n) is 3.82. The molecule has 160 valence electrons. The number of aromatic nitrogens is 3. The second kappa shape index (κ2) is 8.84. The largest absolute Gasteiger partial charge is 0.404 e. The zero-order valence-corrected chi connectivity index (χ0v) is 18.2. The lowest BCUT2D eigenvalue weighted by molar-refractivity contribution is 0.0355. The minimum atomic E-state index is -4.82. The maximum absolute atomic E-state index is 15.2. The first-order valence-corrected chi connectivity index (χ1v) is 11.0. The van der Waals surface area contributed by atoms with Crippen molar-refractivity contribution < 1.29 is 31.7 Å². The molecule has 9 nitrogen and oxygen atoms in total. The second-order valence-corrected chi connectivity index (χ2v) is 8.72. The van der Waals surface area contributed by atoms with Crippen LogP contribution in [0.25, 0.3) is 10.9 Å². The number of hydrogen-bond donors (Lipinski definition) is 1. The van der Waals surface area contributed by atoms with E-state index < -0.39 is 24.7 Å².